The molecular formula is C32H17B2NOS. The van der Waals surface area contributed by atoms with Crippen molar-refractivity contribution in [2.45, 2.75) is 9.79 Å². The molecule has 0 aliphatic carbocycles. The molecule has 4 aliphatic rings. The molecule has 0 saturated carbocycles. The van der Waals surface area contributed by atoms with E-state index in [-0.39, 0.29) is 13.6 Å². The Labute approximate surface area is 219 Å². The molecule has 37 heavy (non-hydrogen) atoms. The molecule has 4 aliphatic heterocycles. The van der Waals surface area contributed by atoms with E-state index in [0.717, 1.165) is 11.2 Å². The number of para-hydroxylation sites is 2. The molecule has 0 amide bonds. The topological polar surface area (TPSA) is 16.4 Å². The lowest BCUT2D eigenvalue weighted by Gasteiger charge is -2.49. The molecule has 5 heteroatoms. The lowest BCUT2D eigenvalue weighted by Crippen LogP contribution is -2.68. The van der Waals surface area contributed by atoms with Crippen LogP contribution in [0.5, 0.6) is 0 Å². The van der Waals surface area contributed by atoms with E-state index in [0.29, 0.717) is 0 Å². The highest BCUT2D eigenvalue weighted by Gasteiger charge is 2.51. The highest BCUT2D eigenvalue weighted by atomic mass is 32.2. The molecule has 0 saturated heterocycles. The Kier molecular flexibility index (Phi) is 3.31. The van der Waals surface area contributed by atoms with Gasteiger partial charge in [0.2, 0.25) is 0 Å². The van der Waals surface area contributed by atoms with Gasteiger partial charge in [0.15, 0.2) is 0 Å². The van der Waals surface area contributed by atoms with Crippen molar-refractivity contribution in [2.75, 3.05) is 4.81 Å². The van der Waals surface area contributed by atoms with E-state index in [1.54, 1.807) is 0 Å². The molecule has 0 spiro atoms. The third-order valence-corrected chi connectivity index (χ3v) is 9.93. The van der Waals surface area contributed by atoms with Gasteiger partial charge in [-0.05, 0) is 51.2 Å². The quantitative estimate of drug-likeness (QED) is 0.292. The van der Waals surface area contributed by atoms with Crippen LogP contribution in [0.1, 0.15) is 0 Å². The first-order chi connectivity index (χ1) is 18.4. The summed E-state index contributed by atoms with van der Waals surface area (Å²) in [7, 11) is 0. The summed E-state index contributed by atoms with van der Waals surface area (Å²) in [5.41, 5.74) is 15.6. The standard InChI is InChI=1S/C32H17B2NOS/c1-4-12-23-18(8-1)20-11-7-14-25-29(20)35-30-21(19-9-2-5-13-24(19)34(23)35)16-17-27-28(30)33(25)32-31(37-27)22-10-3-6-15-26(22)36-32/h1-17H. The first-order valence-electron chi connectivity index (χ1n) is 12.9. The van der Waals surface area contributed by atoms with E-state index in [9.17, 15) is 0 Å². The summed E-state index contributed by atoms with van der Waals surface area (Å²) in [5, 5.41) is 1.21. The molecule has 6 aromatic rings. The molecule has 2 nitrogen and oxygen atoms in total. The second-order valence-electron chi connectivity index (χ2n) is 10.4. The minimum Gasteiger partial charge on any atom is -0.469 e. The van der Waals surface area contributed by atoms with Crippen LogP contribution in [0.25, 0.3) is 33.2 Å². The lowest BCUT2D eigenvalue weighted by molar-refractivity contribution is 0.645. The number of benzene rings is 5. The lowest BCUT2D eigenvalue weighted by atomic mass is 9.33. The number of hydrogen-bond donors (Lipinski definition) is 0. The zero-order valence-corrected chi connectivity index (χ0v) is 20.5. The Bertz CT molecular complexity index is 2010. The van der Waals surface area contributed by atoms with Crippen LogP contribution in [0.4, 0.5) is 11.4 Å². The smallest absolute Gasteiger partial charge is 0.329 e. The molecular weight excluding hydrogens is 468 g/mol. The third kappa shape index (κ3) is 2.13. The van der Waals surface area contributed by atoms with Gasteiger partial charge in [0.1, 0.15) is 5.58 Å². The van der Waals surface area contributed by atoms with Gasteiger partial charge < -0.3 is 9.23 Å². The van der Waals surface area contributed by atoms with Crippen LogP contribution in [-0.4, -0.2) is 13.6 Å². The van der Waals surface area contributed by atoms with Crippen LogP contribution in [0.15, 0.2) is 117 Å². The summed E-state index contributed by atoms with van der Waals surface area (Å²) < 4.78 is 6.71. The van der Waals surface area contributed by atoms with Crippen LogP contribution in [0, 0.1) is 0 Å². The van der Waals surface area contributed by atoms with Gasteiger partial charge in [-0.1, -0.05) is 96.7 Å². The molecule has 0 fully saturated rings. The molecule has 10 rings (SSSR count). The molecule has 0 N–H and O–H groups in total. The predicted molar refractivity (Wildman–Crippen MR) is 156 cm³/mol. The average Bonchev–Trinajstić information content (AvgIpc) is 3.33. The van der Waals surface area contributed by atoms with Crippen LogP contribution in [0.3, 0.4) is 0 Å². The Morgan fingerprint density at radius 1 is 0.595 bits per heavy atom. The number of anilines is 2. The molecule has 5 heterocycles. The Morgan fingerprint density at radius 3 is 2.11 bits per heavy atom. The van der Waals surface area contributed by atoms with Crippen LogP contribution in [0.2, 0.25) is 0 Å². The van der Waals surface area contributed by atoms with Crippen molar-refractivity contribution in [3.05, 3.63) is 103 Å². The van der Waals surface area contributed by atoms with E-state index >= 15 is 0 Å². The van der Waals surface area contributed by atoms with E-state index < -0.39 is 0 Å². The molecule has 0 radical (unpaired) electrons. The highest BCUT2D eigenvalue weighted by molar-refractivity contribution is 8.00. The molecule has 5 aromatic carbocycles. The Hall–Kier alpha value is -4.08. The Balaban J connectivity index is 1.42. The third-order valence-electron chi connectivity index (χ3n) is 8.72. The zero-order chi connectivity index (χ0) is 23.8. The zero-order valence-electron chi connectivity index (χ0n) is 19.7. The summed E-state index contributed by atoms with van der Waals surface area (Å²) in [6.45, 7) is 0.235. The molecule has 1 aromatic heterocycles. The van der Waals surface area contributed by atoms with Crippen LogP contribution in [-0.2, 0) is 0 Å². The number of furan rings is 1. The van der Waals surface area contributed by atoms with Crippen molar-refractivity contribution < 1.29 is 4.42 Å². The maximum Gasteiger partial charge on any atom is 0.329 e. The van der Waals surface area contributed by atoms with E-state index in [1.807, 2.05) is 11.8 Å². The normalized spacial score (nSPS) is 14.8. The molecule has 0 unspecified atom stereocenters. The van der Waals surface area contributed by atoms with E-state index in [2.05, 4.69) is 108 Å². The highest BCUT2D eigenvalue weighted by Crippen LogP contribution is 2.50. The van der Waals surface area contributed by atoms with Gasteiger partial charge in [0.05, 0.1) is 10.6 Å². The van der Waals surface area contributed by atoms with Gasteiger partial charge >= 0.3 is 6.85 Å². The fraction of sp³-hybridized carbons (Fsp3) is 0. The molecule has 0 bridgehead atoms. The summed E-state index contributed by atoms with van der Waals surface area (Å²) in [6, 6.07) is 38.1. The second kappa shape index (κ2) is 6.42. The SMILES string of the molecule is c1ccc2c(c1)B1c3ccccc3-c3ccc4c5c3N1c1c(cccc1-2)B5c1oc2ccccc2c1S4. The van der Waals surface area contributed by atoms with Crippen molar-refractivity contribution in [1.29, 1.82) is 0 Å². The number of hydrogen-bond acceptors (Lipinski definition) is 3. The summed E-state index contributed by atoms with van der Waals surface area (Å²) >= 11 is 1.88. The number of fused-ring (bicyclic) bond motifs is 11. The average molecular weight is 485 g/mol. The van der Waals surface area contributed by atoms with Crippen LogP contribution < -0.4 is 32.3 Å². The van der Waals surface area contributed by atoms with Crippen molar-refractivity contribution in [3.8, 4) is 22.3 Å². The van der Waals surface area contributed by atoms with Crippen molar-refractivity contribution in [3.63, 3.8) is 0 Å². The monoisotopic (exact) mass is 485 g/mol. The first-order valence-corrected chi connectivity index (χ1v) is 13.7. The van der Waals surface area contributed by atoms with Gasteiger partial charge in [-0.2, -0.15) is 0 Å². The van der Waals surface area contributed by atoms with Crippen LogP contribution >= 0.6 is 11.8 Å². The maximum absolute atomic E-state index is 6.71. The predicted octanol–water partition coefficient (Wildman–Crippen LogP) is 4.63. The van der Waals surface area contributed by atoms with Crippen molar-refractivity contribution in [2.24, 2.45) is 0 Å². The number of nitrogens with zero attached hydrogens (tertiary/aromatic N) is 1. The van der Waals surface area contributed by atoms with Gasteiger partial charge in [-0.3, -0.25) is 0 Å². The van der Waals surface area contributed by atoms with Crippen molar-refractivity contribution in [1.82, 2.24) is 0 Å². The summed E-state index contributed by atoms with van der Waals surface area (Å²) in [6.07, 6.45) is 0. The van der Waals surface area contributed by atoms with Crippen molar-refractivity contribution >= 4 is 75.2 Å². The molecule has 0 atom stereocenters. The van der Waals surface area contributed by atoms with E-state index in [1.165, 1.54) is 70.7 Å². The van der Waals surface area contributed by atoms with E-state index in [4.69, 9.17) is 4.42 Å². The minimum absolute atomic E-state index is 0.0796. The van der Waals surface area contributed by atoms with Gasteiger partial charge in [0.25, 0.3) is 6.71 Å². The van der Waals surface area contributed by atoms with Gasteiger partial charge in [-0.15, -0.1) is 0 Å². The number of rotatable bonds is 0. The fourth-order valence-electron chi connectivity index (χ4n) is 7.37. The fourth-order valence-corrected chi connectivity index (χ4v) is 8.59. The minimum atomic E-state index is 0.0796. The summed E-state index contributed by atoms with van der Waals surface area (Å²) in [5.74, 6) is 0. The first kappa shape index (κ1) is 19.1. The Morgan fingerprint density at radius 2 is 1.27 bits per heavy atom. The summed E-state index contributed by atoms with van der Waals surface area (Å²) in [4.78, 5) is 5.27. The van der Waals surface area contributed by atoms with Gasteiger partial charge in [-0.25, -0.2) is 0 Å². The molecule has 168 valence electrons. The maximum atomic E-state index is 6.71. The largest absolute Gasteiger partial charge is 0.469 e. The van der Waals surface area contributed by atoms with Gasteiger partial charge in [0, 0.05) is 32.8 Å². The second-order valence-corrected chi connectivity index (χ2v) is 11.4.